The van der Waals surface area contributed by atoms with Crippen LogP contribution < -0.4 is 4.74 Å². The van der Waals surface area contributed by atoms with E-state index in [-0.39, 0.29) is 40.6 Å². The van der Waals surface area contributed by atoms with Gasteiger partial charge in [-0.2, -0.15) is 13.1 Å². The lowest BCUT2D eigenvalue weighted by Crippen LogP contribution is -2.30. The Hall–Kier alpha value is -4.25. The number of benzene rings is 4. The van der Waals surface area contributed by atoms with E-state index in [1.807, 2.05) is 20.8 Å². The molecule has 0 fully saturated rings. The molecule has 0 amide bonds. The van der Waals surface area contributed by atoms with E-state index in [1.54, 1.807) is 42.5 Å². The number of phenolic OH excluding ortho intramolecular Hbond substituents is 2. The number of aromatic hydroxyl groups is 2. The van der Waals surface area contributed by atoms with Crippen LogP contribution in [0.1, 0.15) is 53.4 Å². The van der Waals surface area contributed by atoms with Crippen molar-refractivity contribution in [2.45, 2.75) is 50.8 Å². The highest BCUT2D eigenvalue weighted by Crippen LogP contribution is 2.61. The van der Waals surface area contributed by atoms with Crippen molar-refractivity contribution >= 4 is 23.1 Å². The average Bonchev–Trinajstić information content (AvgIpc) is 3.08. The number of halogens is 2. The van der Waals surface area contributed by atoms with Crippen molar-refractivity contribution in [3.63, 3.8) is 0 Å². The summed E-state index contributed by atoms with van der Waals surface area (Å²) in [5.41, 5.74) is -1.90. The summed E-state index contributed by atoms with van der Waals surface area (Å²) in [5.74, 6) is -1.54. The third kappa shape index (κ3) is 8.49. The van der Waals surface area contributed by atoms with E-state index in [1.165, 1.54) is 38.5 Å². The van der Waals surface area contributed by atoms with Crippen LogP contribution in [-0.4, -0.2) is 56.5 Å². The van der Waals surface area contributed by atoms with Gasteiger partial charge in [0.05, 0.1) is 19.8 Å². The van der Waals surface area contributed by atoms with E-state index in [2.05, 4.69) is 0 Å². The molecular weight excluding hydrogens is 675 g/mol. The fourth-order valence-electron chi connectivity index (χ4n) is 5.02. The number of aryl methyl sites for hydroxylation is 1. The number of nitrogens with zero attached hydrogens (tertiary/aromatic N) is 1. The Balaban J connectivity index is 0.00000319. The zero-order valence-corrected chi connectivity index (χ0v) is 30.2. The van der Waals surface area contributed by atoms with Crippen molar-refractivity contribution in [2.75, 3.05) is 27.5 Å². The van der Waals surface area contributed by atoms with Crippen molar-refractivity contribution in [3.8, 4) is 28.4 Å². The SMILES string of the molecule is CC.CCc1cc(-c2ccc(CN(Cc3ccc(C(F)(F)P(C)(C)=O)c(O)c3)S(=O)(=O)c3ccccc3OC)cc2)cc(C(=O)OC)c1O. The number of methoxy groups -OCH3 is 2. The maximum atomic E-state index is 14.8. The molecule has 0 spiro atoms. The maximum absolute atomic E-state index is 14.8. The smallest absolute Gasteiger partial charge is 0.341 e. The predicted octanol–water partition coefficient (Wildman–Crippen LogP) is 8.21. The summed E-state index contributed by atoms with van der Waals surface area (Å²) < 4.78 is 81.2. The lowest BCUT2D eigenvalue weighted by atomic mass is 9.96. The lowest BCUT2D eigenvalue weighted by Gasteiger charge is -2.25. The van der Waals surface area contributed by atoms with E-state index < -0.39 is 40.1 Å². The molecule has 0 aliphatic carbocycles. The fourth-order valence-corrected chi connectivity index (χ4v) is 7.36. The summed E-state index contributed by atoms with van der Waals surface area (Å²) in [6.45, 7) is 7.23. The molecule has 13 heteroatoms. The van der Waals surface area contributed by atoms with Gasteiger partial charge in [-0.1, -0.05) is 63.2 Å². The van der Waals surface area contributed by atoms with Crippen LogP contribution in [-0.2, 0) is 44.5 Å². The normalized spacial score (nSPS) is 11.9. The molecule has 4 aromatic rings. The van der Waals surface area contributed by atoms with Gasteiger partial charge in [0, 0.05) is 13.1 Å². The third-order valence-electron chi connectivity index (χ3n) is 7.73. The molecule has 0 aliphatic rings. The minimum absolute atomic E-state index is 0.0210. The Morgan fingerprint density at radius 2 is 1.47 bits per heavy atom. The number of phenols is 2. The van der Waals surface area contributed by atoms with Crippen LogP contribution in [0.25, 0.3) is 11.1 Å². The average molecular weight is 718 g/mol. The van der Waals surface area contributed by atoms with E-state index >= 15 is 0 Å². The first kappa shape index (κ1) is 39.2. The highest BCUT2D eigenvalue weighted by molar-refractivity contribution is 7.89. The molecule has 0 saturated heterocycles. The minimum Gasteiger partial charge on any atom is -0.507 e. The molecule has 0 aromatic heterocycles. The molecule has 0 heterocycles. The Morgan fingerprint density at radius 1 is 0.878 bits per heavy atom. The second-order valence-corrected chi connectivity index (χ2v) is 16.4. The molecular formula is C36H42F2NO8PS. The number of carbonyl (C=O) groups is 1. The van der Waals surface area contributed by atoms with Crippen LogP contribution in [0.15, 0.2) is 83.8 Å². The highest BCUT2D eigenvalue weighted by Gasteiger charge is 2.46. The third-order valence-corrected chi connectivity index (χ3v) is 11.2. The molecule has 0 radical (unpaired) electrons. The maximum Gasteiger partial charge on any atom is 0.341 e. The zero-order chi connectivity index (χ0) is 36.7. The number of hydrogen-bond acceptors (Lipinski definition) is 8. The number of carbonyl (C=O) groups excluding carboxylic acids is 1. The zero-order valence-electron chi connectivity index (χ0n) is 28.5. The second-order valence-electron chi connectivity index (χ2n) is 11.2. The largest absolute Gasteiger partial charge is 0.507 e. The summed E-state index contributed by atoms with van der Waals surface area (Å²) >= 11 is 0. The topological polar surface area (TPSA) is 130 Å². The number of rotatable bonds is 12. The van der Waals surface area contributed by atoms with E-state index in [0.29, 0.717) is 28.7 Å². The molecule has 0 atom stereocenters. The van der Waals surface area contributed by atoms with Crippen LogP contribution in [0.4, 0.5) is 8.78 Å². The van der Waals surface area contributed by atoms with Crippen molar-refractivity contribution in [2.24, 2.45) is 0 Å². The molecule has 0 aliphatic heterocycles. The second kappa shape index (κ2) is 16.0. The minimum atomic E-state index is -4.25. The van der Waals surface area contributed by atoms with E-state index in [9.17, 15) is 36.8 Å². The summed E-state index contributed by atoms with van der Waals surface area (Å²) in [6.07, 6.45) is 0.460. The molecule has 0 bridgehead atoms. The van der Waals surface area contributed by atoms with Crippen LogP contribution in [0.5, 0.6) is 17.2 Å². The van der Waals surface area contributed by atoms with Gasteiger partial charge < -0.3 is 24.3 Å². The van der Waals surface area contributed by atoms with Crippen molar-refractivity contribution in [1.82, 2.24) is 4.31 Å². The van der Waals surface area contributed by atoms with Crippen molar-refractivity contribution < 1.29 is 46.2 Å². The number of hydrogen-bond donors (Lipinski definition) is 2. The summed E-state index contributed by atoms with van der Waals surface area (Å²) in [5, 5.41) is 21.0. The summed E-state index contributed by atoms with van der Waals surface area (Å²) in [7, 11) is -5.67. The first-order valence-electron chi connectivity index (χ1n) is 15.5. The van der Waals surface area contributed by atoms with E-state index in [0.717, 1.165) is 29.8 Å². The molecule has 0 saturated carbocycles. The molecule has 2 N–H and O–H groups in total. The summed E-state index contributed by atoms with van der Waals surface area (Å²) in [6, 6.07) is 19.5. The van der Waals surface area contributed by atoms with Gasteiger partial charge in [0.25, 0.3) is 0 Å². The molecule has 0 unspecified atom stereocenters. The first-order valence-corrected chi connectivity index (χ1v) is 19.5. The molecule has 264 valence electrons. The molecule has 9 nitrogen and oxygen atoms in total. The molecule has 4 aromatic carbocycles. The Morgan fingerprint density at radius 3 is 2.02 bits per heavy atom. The quantitative estimate of drug-likeness (QED) is 0.111. The number of para-hydroxylation sites is 1. The number of alkyl halides is 2. The molecule has 4 rings (SSSR count). The van der Waals surface area contributed by atoms with E-state index in [4.69, 9.17) is 9.47 Å². The van der Waals surface area contributed by atoms with Crippen LogP contribution in [0.3, 0.4) is 0 Å². The molecule has 49 heavy (non-hydrogen) atoms. The Kier molecular flexibility index (Phi) is 12.8. The van der Waals surface area contributed by atoms with Crippen LogP contribution >= 0.6 is 7.14 Å². The van der Waals surface area contributed by atoms with Gasteiger partial charge in [0.2, 0.25) is 10.0 Å². The van der Waals surface area contributed by atoms with Gasteiger partial charge in [-0.25, -0.2) is 13.2 Å². The highest BCUT2D eigenvalue weighted by atomic mass is 32.2. The van der Waals surface area contributed by atoms with Gasteiger partial charge in [0.1, 0.15) is 27.7 Å². The van der Waals surface area contributed by atoms with Gasteiger partial charge in [0.15, 0.2) is 7.14 Å². The van der Waals surface area contributed by atoms with Crippen LogP contribution in [0.2, 0.25) is 0 Å². The summed E-state index contributed by atoms with van der Waals surface area (Å²) in [4.78, 5) is 12.2. The van der Waals surface area contributed by atoms with Gasteiger partial charge in [-0.05, 0) is 84.0 Å². The Bertz CT molecular complexity index is 1940. The predicted molar refractivity (Wildman–Crippen MR) is 186 cm³/mol. The fraction of sp³-hybridized carbons (Fsp3) is 0.306. The monoisotopic (exact) mass is 717 g/mol. The van der Waals surface area contributed by atoms with Gasteiger partial charge in [-0.3, -0.25) is 0 Å². The lowest BCUT2D eigenvalue weighted by molar-refractivity contribution is 0.0597. The Labute approximate surface area is 286 Å². The van der Waals surface area contributed by atoms with Gasteiger partial charge in [-0.15, -0.1) is 0 Å². The van der Waals surface area contributed by atoms with Crippen LogP contribution in [0, 0.1) is 0 Å². The first-order chi connectivity index (χ1) is 23.0. The number of ether oxygens (including phenoxy) is 2. The number of sulfonamides is 1. The standard InChI is InChI=1S/C34H36F2NO8PS.C2H6/c1-6-24-18-26(19-27(32(24)39)33(40)45-3)25-14-11-22(12-15-25)20-37(47(42,43)31-10-8-7-9-30(31)44-2)21-23-13-16-28(29(38)17-23)34(35,36)46(4,5)41;1-2/h7-19,38-39H,6,20-21H2,1-5H3;1-2H3. The van der Waals surface area contributed by atoms with Gasteiger partial charge >= 0.3 is 11.6 Å². The van der Waals surface area contributed by atoms with Crippen molar-refractivity contribution in [1.29, 1.82) is 0 Å². The van der Waals surface area contributed by atoms with Crippen molar-refractivity contribution in [3.05, 3.63) is 107 Å². The number of esters is 1.